The van der Waals surface area contributed by atoms with Gasteiger partial charge in [-0.15, -0.1) is 0 Å². The van der Waals surface area contributed by atoms with Gasteiger partial charge in [0, 0.05) is 23.3 Å². The van der Waals surface area contributed by atoms with Crippen molar-refractivity contribution in [1.29, 1.82) is 0 Å². The number of anilines is 1. The number of rotatable bonds is 6. The van der Waals surface area contributed by atoms with Crippen molar-refractivity contribution in [2.75, 3.05) is 11.9 Å². The van der Waals surface area contributed by atoms with Gasteiger partial charge in [-0.2, -0.15) is 0 Å². The van der Waals surface area contributed by atoms with Gasteiger partial charge in [-0.05, 0) is 48.7 Å². The number of fused-ring (bicyclic) bond motifs is 1. The van der Waals surface area contributed by atoms with Gasteiger partial charge in [0.25, 0.3) is 5.91 Å². The molecule has 3 aromatic carbocycles. The summed E-state index contributed by atoms with van der Waals surface area (Å²) in [6.45, 7) is 1.83. The average Bonchev–Trinajstić information content (AvgIpc) is 2.80. The molecular weight excluding hydrogens is 390 g/mol. The predicted octanol–water partition coefficient (Wildman–Crippen LogP) is 4.70. The van der Waals surface area contributed by atoms with Crippen LogP contribution >= 0.6 is 0 Å². The average molecular weight is 411 g/mol. The fourth-order valence-electron chi connectivity index (χ4n) is 3.15. The van der Waals surface area contributed by atoms with Crippen molar-refractivity contribution in [2.24, 2.45) is 0 Å². The van der Waals surface area contributed by atoms with Crippen LogP contribution in [0.2, 0.25) is 0 Å². The number of pyridine rings is 1. The molecule has 0 saturated carbocycles. The summed E-state index contributed by atoms with van der Waals surface area (Å²) < 4.78 is 5.90. The molecule has 4 rings (SSSR count). The summed E-state index contributed by atoms with van der Waals surface area (Å²) >= 11 is 0. The molecule has 31 heavy (non-hydrogen) atoms. The van der Waals surface area contributed by atoms with Crippen molar-refractivity contribution in [1.82, 2.24) is 10.3 Å². The van der Waals surface area contributed by atoms with Gasteiger partial charge in [0.15, 0.2) is 5.75 Å². The lowest BCUT2D eigenvalue weighted by Crippen LogP contribution is -2.33. The standard InChI is InChI=1S/C25H21N3O3/c1-17-9-11-19(12-10-17)31-23-8-3-2-7-22(23)28-24(29)16-27-25(30)20-6-4-5-18-13-14-26-15-21(18)20/h2-15H,16H2,1H3,(H,27,30)(H,28,29). The molecule has 1 heterocycles. The molecule has 0 saturated heterocycles. The highest BCUT2D eigenvalue weighted by molar-refractivity contribution is 6.08. The van der Waals surface area contributed by atoms with E-state index in [1.165, 1.54) is 0 Å². The smallest absolute Gasteiger partial charge is 0.252 e. The fourth-order valence-corrected chi connectivity index (χ4v) is 3.15. The maximum atomic E-state index is 12.6. The Morgan fingerprint density at radius 1 is 0.935 bits per heavy atom. The van der Waals surface area contributed by atoms with Crippen molar-refractivity contribution in [2.45, 2.75) is 6.92 Å². The van der Waals surface area contributed by atoms with Gasteiger partial charge >= 0.3 is 0 Å². The molecule has 0 bridgehead atoms. The third-order valence-corrected chi connectivity index (χ3v) is 4.75. The summed E-state index contributed by atoms with van der Waals surface area (Å²) in [4.78, 5) is 29.2. The zero-order valence-corrected chi connectivity index (χ0v) is 17.0. The summed E-state index contributed by atoms with van der Waals surface area (Å²) in [6.07, 6.45) is 3.32. The van der Waals surface area contributed by atoms with Crippen LogP contribution in [0.4, 0.5) is 5.69 Å². The number of aromatic nitrogens is 1. The number of para-hydroxylation sites is 2. The van der Waals surface area contributed by atoms with Crippen molar-refractivity contribution >= 4 is 28.3 Å². The second kappa shape index (κ2) is 9.09. The Balaban J connectivity index is 1.41. The summed E-state index contributed by atoms with van der Waals surface area (Å²) in [5.74, 6) is 0.501. The monoisotopic (exact) mass is 411 g/mol. The highest BCUT2D eigenvalue weighted by Gasteiger charge is 2.13. The number of hydrogen-bond donors (Lipinski definition) is 2. The minimum Gasteiger partial charge on any atom is -0.455 e. The third kappa shape index (κ3) is 4.87. The van der Waals surface area contributed by atoms with Crippen molar-refractivity contribution in [3.8, 4) is 11.5 Å². The summed E-state index contributed by atoms with van der Waals surface area (Å²) in [7, 11) is 0. The van der Waals surface area contributed by atoms with Crippen molar-refractivity contribution < 1.29 is 14.3 Å². The number of aryl methyl sites for hydroxylation is 1. The van der Waals surface area contributed by atoms with Gasteiger partial charge in [-0.3, -0.25) is 14.6 Å². The lowest BCUT2D eigenvalue weighted by atomic mass is 10.1. The number of nitrogens with one attached hydrogen (secondary N) is 2. The first-order chi connectivity index (χ1) is 15.1. The maximum absolute atomic E-state index is 12.6. The summed E-state index contributed by atoms with van der Waals surface area (Å²) in [5.41, 5.74) is 2.13. The lowest BCUT2D eigenvalue weighted by molar-refractivity contribution is -0.115. The van der Waals surface area contributed by atoms with Gasteiger partial charge in [-0.1, -0.05) is 42.0 Å². The fraction of sp³-hybridized carbons (Fsp3) is 0.0800. The minimum absolute atomic E-state index is 0.172. The second-order valence-electron chi connectivity index (χ2n) is 7.04. The molecule has 2 N–H and O–H groups in total. The number of carbonyl (C=O) groups excluding carboxylic acids is 2. The molecule has 0 aliphatic heterocycles. The zero-order valence-electron chi connectivity index (χ0n) is 17.0. The van der Waals surface area contributed by atoms with E-state index in [1.807, 2.05) is 49.4 Å². The molecule has 154 valence electrons. The lowest BCUT2D eigenvalue weighted by Gasteiger charge is -2.13. The van der Waals surface area contributed by atoms with Gasteiger partial charge in [-0.25, -0.2) is 0 Å². The molecule has 0 spiro atoms. The van der Waals surface area contributed by atoms with E-state index >= 15 is 0 Å². The first-order valence-corrected chi connectivity index (χ1v) is 9.84. The van der Waals surface area contributed by atoms with Crippen LogP contribution in [0.25, 0.3) is 10.8 Å². The van der Waals surface area contributed by atoms with Crippen LogP contribution in [-0.4, -0.2) is 23.3 Å². The molecule has 0 aliphatic rings. The van der Waals surface area contributed by atoms with E-state index < -0.39 is 0 Å². The topological polar surface area (TPSA) is 80.3 Å². The molecule has 0 aliphatic carbocycles. The van der Waals surface area contributed by atoms with Crippen LogP contribution in [-0.2, 0) is 4.79 Å². The van der Waals surface area contributed by atoms with Gasteiger partial charge in [0.1, 0.15) is 5.75 Å². The number of carbonyl (C=O) groups is 2. The zero-order chi connectivity index (χ0) is 21.6. The largest absolute Gasteiger partial charge is 0.455 e. The highest BCUT2D eigenvalue weighted by atomic mass is 16.5. The molecule has 6 heteroatoms. The Labute approximate surface area is 179 Å². The van der Waals surface area contributed by atoms with Crippen LogP contribution in [0, 0.1) is 6.92 Å². The second-order valence-corrected chi connectivity index (χ2v) is 7.04. The Kier molecular flexibility index (Phi) is 5.89. The van der Waals surface area contributed by atoms with Gasteiger partial charge in [0.05, 0.1) is 12.2 Å². The molecule has 2 amide bonds. The Hall–Kier alpha value is -4.19. The SMILES string of the molecule is Cc1ccc(Oc2ccccc2NC(=O)CNC(=O)c2cccc3ccncc23)cc1. The maximum Gasteiger partial charge on any atom is 0.252 e. The number of ether oxygens (including phenoxy) is 1. The Morgan fingerprint density at radius 2 is 1.74 bits per heavy atom. The number of nitrogens with zero attached hydrogens (tertiary/aromatic N) is 1. The van der Waals surface area contributed by atoms with E-state index in [9.17, 15) is 9.59 Å². The predicted molar refractivity (Wildman–Crippen MR) is 120 cm³/mol. The van der Waals surface area contributed by atoms with E-state index in [1.54, 1.807) is 42.7 Å². The van der Waals surface area contributed by atoms with E-state index in [0.29, 0.717) is 22.7 Å². The van der Waals surface area contributed by atoms with E-state index in [4.69, 9.17) is 4.74 Å². The molecule has 1 aromatic heterocycles. The van der Waals surface area contributed by atoms with E-state index in [0.717, 1.165) is 16.3 Å². The van der Waals surface area contributed by atoms with E-state index in [2.05, 4.69) is 15.6 Å². The van der Waals surface area contributed by atoms with E-state index in [-0.39, 0.29) is 18.4 Å². The Bertz CT molecular complexity index is 1230. The molecule has 6 nitrogen and oxygen atoms in total. The number of amides is 2. The van der Waals surface area contributed by atoms with Crippen LogP contribution in [0.15, 0.2) is 85.2 Å². The first-order valence-electron chi connectivity index (χ1n) is 9.84. The van der Waals surface area contributed by atoms with Gasteiger partial charge < -0.3 is 15.4 Å². The van der Waals surface area contributed by atoms with Crippen LogP contribution < -0.4 is 15.4 Å². The third-order valence-electron chi connectivity index (χ3n) is 4.75. The molecule has 0 atom stereocenters. The quantitative estimate of drug-likeness (QED) is 0.482. The molecular formula is C25H21N3O3. The Morgan fingerprint density at radius 3 is 2.58 bits per heavy atom. The van der Waals surface area contributed by atoms with Gasteiger partial charge in [0.2, 0.25) is 5.91 Å². The normalized spacial score (nSPS) is 10.5. The number of benzene rings is 3. The van der Waals surface area contributed by atoms with Crippen LogP contribution in [0.3, 0.4) is 0 Å². The highest BCUT2D eigenvalue weighted by Crippen LogP contribution is 2.29. The van der Waals surface area contributed by atoms with Crippen molar-refractivity contribution in [3.63, 3.8) is 0 Å². The summed E-state index contributed by atoms with van der Waals surface area (Å²) in [5, 5.41) is 7.11. The number of hydrogen-bond acceptors (Lipinski definition) is 4. The first kappa shape index (κ1) is 20.1. The van der Waals surface area contributed by atoms with Crippen molar-refractivity contribution in [3.05, 3.63) is 96.3 Å². The molecule has 4 aromatic rings. The van der Waals surface area contributed by atoms with Crippen LogP contribution in [0.5, 0.6) is 11.5 Å². The molecule has 0 radical (unpaired) electrons. The molecule has 0 fully saturated rings. The van der Waals surface area contributed by atoms with Crippen LogP contribution in [0.1, 0.15) is 15.9 Å². The minimum atomic E-state index is -0.355. The molecule has 0 unspecified atom stereocenters. The summed E-state index contributed by atoms with van der Waals surface area (Å²) in [6, 6.07) is 22.1.